The zero-order valence-electron chi connectivity index (χ0n) is 13.7. The number of esters is 1. The van der Waals surface area contributed by atoms with Gasteiger partial charge in [0.05, 0.1) is 13.2 Å². The molecular weight excluding hydrogens is 359 g/mol. The summed E-state index contributed by atoms with van der Waals surface area (Å²) >= 11 is 3.23. The molecule has 0 saturated heterocycles. The molecule has 0 aliphatic heterocycles. The number of carbonyl (C=O) groups excluding carboxylic acids is 1. The van der Waals surface area contributed by atoms with E-state index in [1.807, 2.05) is 13.8 Å². The van der Waals surface area contributed by atoms with Crippen LogP contribution in [0.5, 0.6) is 0 Å². The summed E-state index contributed by atoms with van der Waals surface area (Å²) in [7, 11) is -3.63. The number of hydrogen-bond donors (Lipinski definition) is 0. The summed E-state index contributed by atoms with van der Waals surface area (Å²) in [5, 5.41) is 0. The average molecular weight is 385 g/mol. The highest BCUT2D eigenvalue weighted by Gasteiger charge is 2.38. The highest BCUT2D eigenvalue weighted by molar-refractivity contribution is 9.10. The predicted molar refractivity (Wildman–Crippen MR) is 87.6 cm³/mol. The Morgan fingerprint density at radius 1 is 1.10 bits per heavy atom. The molecule has 0 aliphatic rings. The van der Waals surface area contributed by atoms with Gasteiger partial charge >= 0.3 is 13.6 Å². The number of ether oxygens (including phenoxy) is 1. The van der Waals surface area contributed by atoms with Gasteiger partial charge < -0.3 is 13.8 Å². The van der Waals surface area contributed by atoms with Gasteiger partial charge in [0.1, 0.15) is 4.32 Å². The third-order valence-electron chi connectivity index (χ3n) is 2.28. The molecule has 0 atom stereocenters. The van der Waals surface area contributed by atoms with Crippen molar-refractivity contribution in [1.29, 1.82) is 0 Å². The second-order valence-electron chi connectivity index (χ2n) is 5.33. The van der Waals surface area contributed by atoms with Crippen molar-refractivity contribution in [1.82, 2.24) is 0 Å². The number of allylic oxidation sites excluding steroid dienone is 1. The normalized spacial score (nSPS) is 12.1. The van der Waals surface area contributed by atoms with Crippen molar-refractivity contribution in [2.75, 3.05) is 13.2 Å². The van der Waals surface area contributed by atoms with Crippen LogP contribution in [0.15, 0.2) is 11.1 Å². The zero-order chi connectivity index (χ0) is 16.7. The van der Waals surface area contributed by atoms with Crippen molar-refractivity contribution in [2.24, 2.45) is 0 Å². The van der Waals surface area contributed by atoms with Gasteiger partial charge in [-0.15, -0.1) is 0 Å². The van der Waals surface area contributed by atoms with E-state index in [2.05, 4.69) is 15.9 Å². The summed E-state index contributed by atoms with van der Waals surface area (Å²) in [5.74, 6) is -0.542. The van der Waals surface area contributed by atoms with Gasteiger partial charge in [-0.3, -0.25) is 9.36 Å². The van der Waals surface area contributed by atoms with E-state index < -0.39 is 17.9 Å². The largest absolute Gasteiger partial charge is 0.417 e. The maximum atomic E-state index is 12.9. The molecule has 5 nitrogen and oxygen atoms in total. The van der Waals surface area contributed by atoms with Crippen LogP contribution in [0, 0.1) is 0 Å². The minimum absolute atomic E-state index is 0.0121. The smallest absolute Gasteiger partial charge is 0.396 e. The second-order valence-corrected chi connectivity index (χ2v) is 9.23. The fourth-order valence-electron chi connectivity index (χ4n) is 1.22. The number of rotatable bonds is 9. The fraction of sp³-hybridized carbons (Fsp3) is 0.786. The Balaban J connectivity index is 5.41. The Hall–Kier alpha value is -0.160. The minimum atomic E-state index is -3.63. The molecule has 7 heteroatoms. The van der Waals surface area contributed by atoms with E-state index in [4.69, 9.17) is 13.8 Å². The van der Waals surface area contributed by atoms with E-state index in [1.54, 1.807) is 27.7 Å². The maximum Gasteiger partial charge on any atom is 0.396 e. The molecule has 0 N–H and O–H groups in total. The molecule has 0 radical (unpaired) electrons. The number of carbonyl (C=O) groups is 1. The van der Waals surface area contributed by atoms with E-state index in [1.165, 1.54) is 0 Å². The minimum Gasteiger partial charge on any atom is -0.417 e. The Bertz CT molecular complexity index is 410. The molecule has 0 rings (SSSR count). The van der Waals surface area contributed by atoms with E-state index in [0.29, 0.717) is 18.4 Å². The molecule has 0 aromatic rings. The standard InChI is InChI=1S/C14H26BrO5P/c1-7-9-18-21(17,19-10-8-2)12(11(3)4)20-13(16)14(5,6)15/h7-10H2,1-6H3. The van der Waals surface area contributed by atoms with Gasteiger partial charge in [-0.05, 0) is 46.1 Å². The number of alkyl halides is 1. The summed E-state index contributed by atoms with van der Waals surface area (Å²) in [5.41, 5.74) is 0.581. The highest BCUT2D eigenvalue weighted by Crippen LogP contribution is 2.58. The van der Waals surface area contributed by atoms with Crippen molar-refractivity contribution in [3.05, 3.63) is 11.1 Å². The summed E-state index contributed by atoms with van der Waals surface area (Å²) in [4.78, 5) is 12.0. The van der Waals surface area contributed by atoms with Gasteiger partial charge in [0.25, 0.3) is 0 Å². The maximum absolute atomic E-state index is 12.9. The molecule has 0 aliphatic carbocycles. The van der Waals surface area contributed by atoms with Crippen LogP contribution in [0.4, 0.5) is 0 Å². The molecule has 0 heterocycles. The van der Waals surface area contributed by atoms with Crippen LogP contribution in [0.25, 0.3) is 0 Å². The van der Waals surface area contributed by atoms with Crippen LogP contribution in [0.2, 0.25) is 0 Å². The van der Waals surface area contributed by atoms with Crippen LogP contribution in [0.3, 0.4) is 0 Å². The Labute approximate surface area is 136 Å². The zero-order valence-corrected chi connectivity index (χ0v) is 16.2. The van der Waals surface area contributed by atoms with E-state index in [9.17, 15) is 9.36 Å². The number of halogens is 1. The molecule has 0 saturated carbocycles. The second kappa shape index (κ2) is 9.09. The summed E-state index contributed by atoms with van der Waals surface area (Å²) < 4.78 is 28.2. The summed E-state index contributed by atoms with van der Waals surface area (Å²) in [6, 6.07) is 0. The van der Waals surface area contributed by atoms with E-state index in [0.717, 1.165) is 0 Å². The third-order valence-corrected chi connectivity index (χ3v) is 4.69. The van der Waals surface area contributed by atoms with Crippen molar-refractivity contribution in [3.63, 3.8) is 0 Å². The predicted octanol–water partition coefficient (Wildman–Crippen LogP) is 5.00. The van der Waals surface area contributed by atoms with Gasteiger partial charge in [0.2, 0.25) is 5.50 Å². The Kier molecular flexibility index (Phi) is 9.02. The molecule has 0 unspecified atom stereocenters. The fourth-order valence-corrected chi connectivity index (χ4v) is 3.20. The Morgan fingerprint density at radius 2 is 1.52 bits per heavy atom. The highest BCUT2D eigenvalue weighted by atomic mass is 79.9. The molecule has 0 fully saturated rings. The molecule has 0 spiro atoms. The molecular formula is C14H26BrO5P. The molecule has 0 bridgehead atoms. The van der Waals surface area contributed by atoms with Crippen LogP contribution in [0.1, 0.15) is 54.4 Å². The lowest BCUT2D eigenvalue weighted by Gasteiger charge is -2.23. The first-order valence-corrected chi connectivity index (χ1v) is 9.40. The van der Waals surface area contributed by atoms with Crippen LogP contribution >= 0.6 is 23.5 Å². The van der Waals surface area contributed by atoms with Crippen molar-refractivity contribution < 1.29 is 23.1 Å². The molecule has 0 amide bonds. The van der Waals surface area contributed by atoms with Gasteiger partial charge in [-0.1, -0.05) is 29.8 Å². The summed E-state index contributed by atoms with van der Waals surface area (Å²) in [6.07, 6.45) is 1.38. The lowest BCUT2D eigenvalue weighted by atomic mass is 10.2. The van der Waals surface area contributed by atoms with Crippen molar-refractivity contribution in [2.45, 2.75) is 58.7 Å². The van der Waals surface area contributed by atoms with Crippen LogP contribution < -0.4 is 0 Å². The molecule has 21 heavy (non-hydrogen) atoms. The molecule has 0 aromatic heterocycles. The van der Waals surface area contributed by atoms with Crippen molar-refractivity contribution >= 4 is 29.5 Å². The van der Waals surface area contributed by atoms with Crippen LogP contribution in [-0.2, 0) is 23.1 Å². The first kappa shape index (κ1) is 20.8. The monoisotopic (exact) mass is 384 g/mol. The lowest BCUT2D eigenvalue weighted by Crippen LogP contribution is -2.27. The first-order chi connectivity index (χ1) is 9.58. The van der Waals surface area contributed by atoms with Gasteiger partial charge in [-0.2, -0.15) is 0 Å². The lowest BCUT2D eigenvalue weighted by molar-refractivity contribution is -0.140. The Morgan fingerprint density at radius 3 is 1.81 bits per heavy atom. The third kappa shape index (κ3) is 7.09. The SMILES string of the molecule is CCCOP(=O)(OCCC)C(OC(=O)C(C)(C)Br)=C(C)C. The van der Waals surface area contributed by atoms with E-state index in [-0.39, 0.29) is 18.7 Å². The average Bonchev–Trinajstić information content (AvgIpc) is 2.38. The summed E-state index contributed by atoms with van der Waals surface area (Å²) in [6.45, 7) is 11.1. The topological polar surface area (TPSA) is 61.8 Å². The molecule has 0 aromatic carbocycles. The van der Waals surface area contributed by atoms with Gasteiger partial charge in [0.15, 0.2) is 0 Å². The van der Waals surface area contributed by atoms with E-state index >= 15 is 0 Å². The van der Waals surface area contributed by atoms with Crippen LogP contribution in [-0.4, -0.2) is 23.5 Å². The molecule has 124 valence electrons. The quantitative estimate of drug-likeness (QED) is 0.242. The van der Waals surface area contributed by atoms with Gasteiger partial charge in [0, 0.05) is 0 Å². The first-order valence-electron chi connectivity index (χ1n) is 7.06. The number of hydrogen-bond acceptors (Lipinski definition) is 5. The van der Waals surface area contributed by atoms with Gasteiger partial charge in [-0.25, -0.2) is 0 Å². The van der Waals surface area contributed by atoms with Crippen molar-refractivity contribution in [3.8, 4) is 0 Å².